The average Bonchev–Trinajstić information content (AvgIpc) is 2.18. The van der Waals surface area contributed by atoms with Crippen molar-refractivity contribution in [3.8, 4) is 0 Å². The lowest BCUT2D eigenvalue weighted by molar-refractivity contribution is 0.0636. The number of nitrogens with zero attached hydrogens (tertiary/aromatic N) is 1. The van der Waals surface area contributed by atoms with Gasteiger partial charge < -0.3 is 4.74 Å². The molecule has 0 atom stereocenters. The molecule has 17 heavy (non-hydrogen) atoms. The lowest BCUT2D eigenvalue weighted by atomic mass is 10.2. The van der Waals surface area contributed by atoms with Gasteiger partial charge in [-0.3, -0.25) is 5.32 Å². The number of hydrogen-bond acceptors (Lipinski definition) is 2. The van der Waals surface area contributed by atoms with Crippen molar-refractivity contribution in [1.29, 1.82) is 0 Å². The van der Waals surface area contributed by atoms with E-state index in [4.69, 9.17) is 11.3 Å². The topological polar surface area (TPSA) is 42.7 Å². The van der Waals surface area contributed by atoms with Crippen LogP contribution in [-0.4, -0.2) is 11.7 Å². The molecule has 0 radical (unpaired) electrons. The first-order valence-electron chi connectivity index (χ1n) is 4.99. The van der Waals surface area contributed by atoms with Crippen LogP contribution < -0.4 is 5.32 Å². The first kappa shape index (κ1) is 13.5. The summed E-state index contributed by atoms with van der Waals surface area (Å²) < 4.78 is 5.83. The molecular formula is C12H13BrN2O2. The third kappa shape index (κ3) is 4.45. The number of carbonyl (C=O) groups excluding carboxylic acids is 1. The Balaban J connectivity index is 2.82. The minimum Gasteiger partial charge on any atom is -0.444 e. The van der Waals surface area contributed by atoms with Crippen molar-refractivity contribution in [3.05, 3.63) is 34.1 Å². The molecule has 0 aliphatic carbocycles. The highest BCUT2D eigenvalue weighted by molar-refractivity contribution is 9.10. The smallest absolute Gasteiger partial charge is 0.412 e. The second-order valence-corrected chi connectivity index (χ2v) is 5.26. The van der Waals surface area contributed by atoms with Gasteiger partial charge in [-0.25, -0.2) is 9.64 Å². The number of carbonyl (C=O) groups is 1. The monoisotopic (exact) mass is 296 g/mol. The molecule has 0 unspecified atom stereocenters. The molecule has 1 amide bonds. The molecule has 0 aromatic heterocycles. The van der Waals surface area contributed by atoms with E-state index in [1.54, 1.807) is 39.0 Å². The molecule has 0 spiro atoms. The van der Waals surface area contributed by atoms with Gasteiger partial charge in [0.15, 0.2) is 5.69 Å². The highest BCUT2D eigenvalue weighted by atomic mass is 79.9. The fourth-order valence-electron chi connectivity index (χ4n) is 1.09. The van der Waals surface area contributed by atoms with Crippen LogP contribution in [-0.2, 0) is 4.74 Å². The SMILES string of the molecule is [C-]#[N+]c1ccc(Br)c(NC(=O)OC(C)(C)C)c1. The number of ether oxygens (including phenoxy) is 1. The van der Waals surface area contributed by atoms with E-state index in [1.165, 1.54) is 0 Å². The zero-order chi connectivity index (χ0) is 13.1. The molecular weight excluding hydrogens is 284 g/mol. The zero-order valence-electron chi connectivity index (χ0n) is 9.87. The maximum atomic E-state index is 11.5. The summed E-state index contributed by atoms with van der Waals surface area (Å²) in [7, 11) is 0. The summed E-state index contributed by atoms with van der Waals surface area (Å²) in [4.78, 5) is 14.8. The largest absolute Gasteiger partial charge is 0.444 e. The van der Waals surface area contributed by atoms with Gasteiger partial charge in [-0.05, 0) is 42.8 Å². The fraction of sp³-hybridized carbons (Fsp3) is 0.333. The van der Waals surface area contributed by atoms with Crippen LogP contribution in [0.1, 0.15) is 20.8 Å². The van der Waals surface area contributed by atoms with Gasteiger partial charge in [0.2, 0.25) is 0 Å². The van der Waals surface area contributed by atoms with Crippen molar-refractivity contribution in [3.63, 3.8) is 0 Å². The molecule has 0 bridgehead atoms. The number of hydrogen-bond donors (Lipinski definition) is 1. The van der Waals surface area contributed by atoms with Crippen molar-refractivity contribution < 1.29 is 9.53 Å². The average molecular weight is 297 g/mol. The Morgan fingerprint density at radius 3 is 2.65 bits per heavy atom. The van der Waals surface area contributed by atoms with E-state index in [0.717, 1.165) is 0 Å². The summed E-state index contributed by atoms with van der Waals surface area (Å²) in [6.07, 6.45) is -0.541. The molecule has 0 aliphatic rings. The van der Waals surface area contributed by atoms with Gasteiger partial charge in [0, 0.05) is 10.2 Å². The number of benzene rings is 1. The Morgan fingerprint density at radius 2 is 2.12 bits per heavy atom. The lowest BCUT2D eigenvalue weighted by Gasteiger charge is -2.20. The lowest BCUT2D eigenvalue weighted by Crippen LogP contribution is -2.27. The van der Waals surface area contributed by atoms with Crippen LogP contribution in [0.4, 0.5) is 16.2 Å². The van der Waals surface area contributed by atoms with Crippen LogP contribution in [0.5, 0.6) is 0 Å². The van der Waals surface area contributed by atoms with E-state index >= 15 is 0 Å². The van der Waals surface area contributed by atoms with Crippen LogP contribution in [0.15, 0.2) is 22.7 Å². The molecule has 1 rings (SSSR count). The van der Waals surface area contributed by atoms with Crippen molar-refractivity contribution >= 4 is 33.4 Å². The fourth-order valence-corrected chi connectivity index (χ4v) is 1.44. The van der Waals surface area contributed by atoms with Gasteiger partial charge in [0.1, 0.15) is 5.60 Å². The summed E-state index contributed by atoms with van der Waals surface area (Å²) in [5, 5.41) is 2.59. The van der Waals surface area contributed by atoms with E-state index in [-0.39, 0.29) is 0 Å². The van der Waals surface area contributed by atoms with E-state index in [2.05, 4.69) is 26.1 Å². The molecule has 5 heteroatoms. The molecule has 0 heterocycles. The maximum Gasteiger partial charge on any atom is 0.412 e. The molecule has 0 aliphatic heterocycles. The van der Waals surface area contributed by atoms with Crippen molar-refractivity contribution in [1.82, 2.24) is 0 Å². The van der Waals surface area contributed by atoms with E-state index < -0.39 is 11.7 Å². The first-order valence-corrected chi connectivity index (χ1v) is 5.78. The predicted octanol–water partition coefficient (Wildman–Crippen LogP) is 4.35. The minimum atomic E-state index is -0.548. The van der Waals surface area contributed by atoms with Gasteiger partial charge in [-0.1, -0.05) is 12.1 Å². The van der Waals surface area contributed by atoms with Crippen LogP contribution in [0.25, 0.3) is 4.85 Å². The second kappa shape index (κ2) is 5.19. The summed E-state index contributed by atoms with van der Waals surface area (Å²) in [5.41, 5.74) is 0.431. The van der Waals surface area contributed by atoms with Crippen molar-refractivity contribution in [2.45, 2.75) is 26.4 Å². The molecule has 0 saturated heterocycles. The third-order valence-electron chi connectivity index (χ3n) is 1.71. The Morgan fingerprint density at radius 1 is 1.47 bits per heavy atom. The summed E-state index contributed by atoms with van der Waals surface area (Å²) in [5.74, 6) is 0. The van der Waals surface area contributed by atoms with Gasteiger partial charge in [-0.15, -0.1) is 0 Å². The normalized spacial score (nSPS) is 10.5. The Labute approximate surface area is 109 Å². The number of rotatable bonds is 1. The standard InChI is InChI=1S/C12H13BrN2O2/c1-12(2,3)17-11(16)15-10-7-8(14-4)5-6-9(10)13/h5-7H,1-3H3,(H,15,16). The number of halogens is 1. The molecule has 0 saturated carbocycles. The molecule has 0 fully saturated rings. The Hall–Kier alpha value is -1.54. The Bertz CT molecular complexity index is 472. The number of nitrogens with one attached hydrogen (secondary N) is 1. The van der Waals surface area contributed by atoms with Crippen LogP contribution in [0, 0.1) is 6.57 Å². The van der Waals surface area contributed by atoms with Crippen molar-refractivity contribution in [2.75, 3.05) is 5.32 Å². The van der Waals surface area contributed by atoms with Gasteiger partial charge in [0.25, 0.3) is 0 Å². The van der Waals surface area contributed by atoms with E-state index in [0.29, 0.717) is 15.8 Å². The number of anilines is 1. The minimum absolute atomic E-state index is 0.458. The summed E-state index contributed by atoms with van der Waals surface area (Å²) in [6, 6.07) is 4.96. The van der Waals surface area contributed by atoms with Gasteiger partial charge in [-0.2, -0.15) is 0 Å². The maximum absolute atomic E-state index is 11.5. The highest BCUT2D eigenvalue weighted by Gasteiger charge is 2.16. The molecule has 1 aromatic rings. The number of amides is 1. The second-order valence-electron chi connectivity index (χ2n) is 4.40. The molecule has 90 valence electrons. The zero-order valence-corrected chi connectivity index (χ0v) is 11.5. The molecule has 4 nitrogen and oxygen atoms in total. The quantitative estimate of drug-likeness (QED) is 0.783. The van der Waals surface area contributed by atoms with Crippen LogP contribution in [0.2, 0.25) is 0 Å². The Kier molecular flexibility index (Phi) is 4.13. The summed E-state index contributed by atoms with van der Waals surface area (Å²) >= 11 is 3.29. The van der Waals surface area contributed by atoms with E-state index in [1.807, 2.05) is 0 Å². The molecule has 1 N–H and O–H groups in total. The predicted molar refractivity (Wildman–Crippen MR) is 70.3 cm³/mol. The summed E-state index contributed by atoms with van der Waals surface area (Å²) in [6.45, 7) is 12.3. The van der Waals surface area contributed by atoms with Gasteiger partial charge >= 0.3 is 6.09 Å². The first-order chi connectivity index (χ1) is 7.81. The van der Waals surface area contributed by atoms with Crippen LogP contribution in [0.3, 0.4) is 0 Å². The van der Waals surface area contributed by atoms with Gasteiger partial charge in [0.05, 0.1) is 6.57 Å². The van der Waals surface area contributed by atoms with Crippen molar-refractivity contribution in [2.24, 2.45) is 0 Å². The third-order valence-corrected chi connectivity index (χ3v) is 2.41. The van der Waals surface area contributed by atoms with Crippen LogP contribution >= 0.6 is 15.9 Å². The molecule has 1 aromatic carbocycles. The highest BCUT2D eigenvalue weighted by Crippen LogP contribution is 2.27. The van der Waals surface area contributed by atoms with E-state index in [9.17, 15) is 4.79 Å².